The van der Waals surface area contributed by atoms with Gasteiger partial charge in [-0.3, -0.25) is 0 Å². The summed E-state index contributed by atoms with van der Waals surface area (Å²) in [6.45, 7) is 1.89. The van der Waals surface area contributed by atoms with Crippen molar-refractivity contribution in [1.29, 1.82) is 0 Å². The molecule has 17 heavy (non-hydrogen) atoms. The van der Waals surface area contributed by atoms with Crippen LogP contribution in [-0.2, 0) is 0 Å². The second-order valence-corrected chi connectivity index (χ2v) is 4.74. The molecule has 1 heterocycles. The van der Waals surface area contributed by atoms with Gasteiger partial charge in [0.25, 0.3) is 0 Å². The normalized spacial score (nSPS) is 10.2. The van der Waals surface area contributed by atoms with Crippen molar-refractivity contribution >= 4 is 39.4 Å². The van der Waals surface area contributed by atoms with E-state index in [0.717, 1.165) is 5.69 Å². The molecule has 0 aliphatic rings. The van der Waals surface area contributed by atoms with Gasteiger partial charge in [-0.1, -0.05) is 18.3 Å². The minimum absolute atomic E-state index is 0.0267. The van der Waals surface area contributed by atoms with Crippen LogP contribution in [0.25, 0.3) is 0 Å². The SMILES string of the molecule is Cc1csc(Nc2cccc(F)c2C(N)=S)n1. The average molecular weight is 267 g/mol. The van der Waals surface area contributed by atoms with Gasteiger partial charge in [0.15, 0.2) is 5.13 Å². The van der Waals surface area contributed by atoms with Crippen molar-refractivity contribution in [3.05, 3.63) is 40.7 Å². The molecule has 0 unspecified atom stereocenters. The van der Waals surface area contributed by atoms with Crippen LogP contribution in [0.4, 0.5) is 15.2 Å². The van der Waals surface area contributed by atoms with Crippen LogP contribution in [0.1, 0.15) is 11.3 Å². The second kappa shape index (κ2) is 4.77. The Morgan fingerprint density at radius 2 is 2.29 bits per heavy atom. The molecule has 0 aliphatic carbocycles. The van der Waals surface area contributed by atoms with Gasteiger partial charge in [0.05, 0.1) is 16.9 Å². The number of thiocarbonyl (C=S) groups is 1. The molecule has 0 bridgehead atoms. The third-order valence-corrected chi connectivity index (χ3v) is 3.20. The molecule has 0 aliphatic heterocycles. The van der Waals surface area contributed by atoms with Gasteiger partial charge in [0, 0.05) is 5.38 Å². The first-order valence-electron chi connectivity index (χ1n) is 4.85. The van der Waals surface area contributed by atoms with Crippen LogP contribution in [-0.4, -0.2) is 9.97 Å². The van der Waals surface area contributed by atoms with Gasteiger partial charge in [0.1, 0.15) is 10.8 Å². The van der Waals surface area contributed by atoms with Gasteiger partial charge >= 0.3 is 0 Å². The molecule has 0 atom stereocenters. The molecular formula is C11H10FN3S2. The van der Waals surface area contributed by atoms with E-state index in [4.69, 9.17) is 18.0 Å². The van der Waals surface area contributed by atoms with Crippen molar-refractivity contribution in [2.24, 2.45) is 5.73 Å². The Morgan fingerprint density at radius 1 is 1.53 bits per heavy atom. The lowest BCUT2D eigenvalue weighted by Crippen LogP contribution is -2.14. The summed E-state index contributed by atoms with van der Waals surface area (Å²) >= 11 is 6.28. The van der Waals surface area contributed by atoms with E-state index < -0.39 is 5.82 Å². The number of anilines is 2. The summed E-state index contributed by atoms with van der Waals surface area (Å²) < 4.78 is 13.6. The lowest BCUT2D eigenvalue weighted by molar-refractivity contribution is 0.626. The fraction of sp³-hybridized carbons (Fsp3) is 0.0909. The topological polar surface area (TPSA) is 50.9 Å². The first-order chi connectivity index (χ1) is 8.08. The number of hydrogen-bond donors (Lipinski definition) is 2. The number of halogens is 1. The fourth-order valence-electron chi connectivity index (χ4n) is 1.41. The van der Waals surface area contributed by atoms with E-state index in [1.807, 2.05) is 12.3 Å². The predicted octanol–water partition coefficient (Wildman–Crippen LogP) is 2.97. The lowest BCUT2D eigenvalue weighted by Gasteiger charge is -2.09. The summed E-state index contributed by atoms with van der Waals surface area (Å²) in [5.74, 6) is -0.434. The lowest BCUT2D eigenvalue weighted by atomic mass is 10.1. The molecule has 0 saturated heterocycles. The minimum atomic E-state index is -0.434. The fourth-order valence-corrected chi connectivity index (χ4v) is 2.31. The number of rotatable bonds is 3. The van der Waals surface area contributed by atoms with Crippen LogP contribution in [0.5, 0.6) is 0 Å². The number of nitrogens with one attached hydrogen (secondary N) is 1. The van der Waals surface area contributed by atoms with Gasteiger partial charge in [-0.25, -0.2) is 9.37 Å². The van der Waals surface area contributed by atoms with E-state index >= 15 is 0 Å². The van der Waals surface area contributed by atoms with E-state index in [1.54, 1.807) is 12.1 Å². The quantitative estimate of drug-likeness (QED) is 0.839. The molecular weight excluding hydrogens is 257 g/mol. The van der Waals surface area contributed by atoms with Gasteiger partial charge in [-0.05, 0) is 19.1 Å². The summed E-state index contributed by atoms with van der Waals surface area (Å²) in [5.41, 5.74) is 7.17. The Hall–Kier alpha value is -1.53. The maximum absolute atomic E-state index is 13.6. The van der Waals surface area contributed by atoms with Crippen molar-refractivity contribution in [3.63, 3.8) is 0 Å². The van der Waals surface area contributed by atoms with Crippen LogP contribution in [0, 0.1) is 12.7 Å². The molecule has 1 aromatic carbocycles. The third kappa shape index (κ3) is 2.59. The minimum Gasteiger partial charge on any atom is -0.389 e. The van der Waals surface area contributed by atoms with Crippen LogP contribution >= 0.6 is 23.6 Å². The Morgan fingerprint density at radius 3 is 2.88 bits per heavy atom. The molecule has 0 spiro atoms. The molecule has 3 N–H and O–H groups in total. The van der Waals surface area contributed by atoms with Crippen molar-refractivity contribution in [1.82, 2.24) is 4.98 Å². The highest BCUT2D eigenvalue weighted by atomic mass is 32.1. The van der Waals surface area contributed by atoms with Crippen molar-refractivity contribution in [2.75, 3.05) is 5.32 Å². The largest absolute Gasteiger partial charge is 0.389 e. The molecule has 0 amide bonds. The summed E-state index contributed by atoms with van der Waals surface area (Å²) in [5, 5.41) is 5.61. The van der Waals surface area contributed by atoms with Crippen LogP contribution in [0.3, 0.4) is 0 Å². The number of thiazole rings is 1. The Balaban J connectivity index is 2.39. The van der Waals surface area contributed by atoms with Crippen molar-refractivity contribution in [3.8, 4) is 0 Å². The van der Waals surface area contributed by atoms with Crippen LogP contribution in [0.15, 0.2) is 23.6 Å². The maximum atomic E-state index is 13.6. The number of benzene rings is 1. The van der Waals surface area contributed by atoms with Gasteiger partial charge in [-0.2, -0.15) is 0 Å². The highest BCUT2D eigenvalue weighted by molar-refractivity contribution is 7.80. The molecule has 88 valence electrons. The monoisotopic (exact) mass is 267 g/mol. The van der Waals surface area contributed by atoms with Crippen LogP contribution in [0.2, 0.25) is 0 Å². The molecule has 0 radical (unpaired) electrons. The standard InChI is InChI=1S/C11H10FN3S2/c1-6-5-17-11(14-6)15-8-4-2-3-7(12)9(8)10(13)16/h2-5H,1H3,(H2,13,16)(H,14,15). The van der Waals surface area contributed by atoms with E-state index in [-0.39, 0.29) is 10.6 Å². The molecule has 6 heteroatoms. The zero-order valence-corrected chi connectivity index (χ0v) is 10.7. The first-order valence-corrected chi connectivity index (χ1v) is 6.14. The maximum Gasteiger partial charge on any atom is 0.187 e. The zero-order chi connectivity index (χ0) is 12.4. The summed E-state index contributed by atoms with van der Waals surface area (Å²) in [6, 6.07) is 4.64. The van der Waals surface area contributed by atoms with Gasteiger partial charge < -0.3 is 11.1 Å². The van der Waals surface area contributed by atoms with E-state index in [0.29, 0.717) is 10.8 Å². The van der Waals surface area contributed by atoms with Gasteiger partial charge in [-0.15, -0.1) is 11.3 Å². The smallest absolute Gasteiger partial charge is 0.187 e. The number of hydrogen-bond acceptors (Lipinski definition) is 4. The van der Waals surface area contributed by atoms with Gasteiger partial charge in [0.2, 0.25) is 0 Å². The number of aryl methyl sites for hydroxylation is 1. The number of nitrogens with zero attached hydrogens (tertiary/aromatic N) is 1. The second-order valence-electron chi connectivity index (χ2n) is 3.45. The Kier molecular flexibility index (Phi) is 3.35. The summed E-state index contributed by atoms with van der Waals surface area (Å²) in [7, 11) is 0. The number of aromatic nitrogens is 1. The Bertz CT molecular complexity index is 566. The number of nitrogens with two attached hydrogens (primary N) is 1. The molecule has 2 rings (SSSR count). The van der Waals surface area contributed by atoms with E-state index in [9.17, 15) is 4.39 Å². The highest BCUT2D eigenvalue weighted by Crippen LogP contribution is 2.25. The summed E-state index contributed by atoms with van der Waals surface area (Å²) in [4.78, 5) is 4.26. The zero-order valence-electron chi connectivity index (χ0n) is 9.03. The summed E-state index contributed by atoms with van der Waals surface area (Å²) in [6.07, 6.45) is 0. The van der Waals surface area contributed by atoms with Crippen LogP contribution < -0.4 is 11.1 Å². The van der Waals surface area contributed by atoms with E-state index in [1.165, 1.54) is 17.4 Å². The van der Waals surface area contributed by atoms with Crippen molar-refractivity contribution < 1.29 is 4.39 Å². The molecule has 0 saturated carbocycles. The molecule has 1 aromatic heterocycles. The average Bonchev–Trinajstić information content (AvgIpc) is 2.63. The highest BCUT2D eigenvalue weighted by Gasteiger charge is 2.12. The molecule has 3 nitrogen and oxygen atoms in total. The van der Waals surface area contributed by atoms with Crippen molar-refractivity contribution in [2.45, 2.75) is 6.92 Å². The molecule has 0 fully saturated rings. The Labute approximate surface area is 107 Å². The predicted molar refractivity (Wildman–Crippen MR) is 72.4 cm³/mol. The third-order valence-electron chi connectivity index (χ3n) is 2.12. The first kappa shape index (κ1) is 11.9. The molecule has 2 aromatic rings. The van der Waals surface area contributed by atoms with E-state index in [2.05, 4.69) is 10.3 Å².